The van der Waals surface area contributed by atoms with Crippen LogP contribution in [0.2, 0.25) is 10.0 Å². The van der Waals surface area contributed by atoms with E-state index < -0.39 is 0 Å². The van der Waals surface area contributed by atoms with E-state index in [1.165, 1.54) is 24.0 Å². The van der Waals surface area contributed by atoms with Gasteiger partial charge >= 0.3 is 0 Å². The van der Waals surface area contributed by atoms with E-state index in [1.54, 1.807) is 6.07 Å². The molecule has 0 unspecified atom stereocenters. The van der Waals surface area contributed by atoms with E-state index in [9.17, 15) is 0 Å². The number of aryl methyl sites for hydroxylation is 1. The van der Waals surface area contributed by atoms with Gasteiger partial charge in [0.15, 0.2) is 0 Å². The van der Waals surface area contributed by atoms with Gasteiger partial charge in [0, 0.05) is 21.6 Å². The molecule has 2 aromatic carbocycles. The van der Waals surface area contributed by atoms with Gasteiger partial charge in [-0.2, -0.15) is 0 Å². The predicted octanol–water partition coefficient (Wildman–Crippen LogP) is 6.16. The zero-order valence-corrected chi connectivity index (χ0v) is 18.4. The summed E-state index contributed by atoms with van der Waals surface area (Å²) in [5, 5.41) is 4.83. The van der Waals surface area contributed by atoms with Crippen LogP contribution in [0.3, 0.4) is 0 Å². The third-order valence-electron chi connectivity index (χ3n) is 5.73. The molecule has 1 aliphatic rings. The van der Waals surface area contributed by atoms with E-state index in [1.807, 2.05) is 13.1 Å². The van der Waals surface area contributed by atoms with E-state index >= 15 is 0 Å². The quantitative estimate of drug-likeness (QED) is 0.653. The molecule has 0 bridgehead atoms. The molecule has 27 heavy (non-hydrogen) atoms. The van der Waals surface area contributed by atoms with E-state index in [4.69, 9.17) is 23.2 Å². The molecule has 0 aromatic heterocycles. The Morgan fingerprint density at radius 3 is 1.96 bits per heavy atom. The Morgan fingerprint density at radius 2 is 1.56 bits per heavy atom. The summed E-state index contributed by atoms with van der Waals surface area (Å²) < 4.78 is 0. The molecule has 0 aliphatic heterocycles. The highest BCUT2D eigenvalue weighted by atomic mass is 35.5. The summed E-state index contributed by atoms with van der Waals surface area (Å²) in [6.45, 7) is 2.16. The third-order valence-corrected chi connectivity index (χ3v) is 6.16. The molecule has 1 N–H and O–H groups in total. The lowest BCUT2D eigenvalue weighted by Crippen LogP contribution is -2.47. The van der Waals surface area contributed by atoms with Gasteiger partial charge in [-0.15, -0.1) is 0 Å². The van der Waals surface area contributed by atoms with Gasteiger partial charge in [-0.25, -0.2) is 0 Å². The van der Waals surface area contributed by atoms with Crippen molar-refractivity contribution in [3.63, 3.8) is 0 Å². The van der Waals surface area contributed by atoms with E-state index in [0.29, 0.717) is 6.04 Å². The molecule has 2 nitrogen and oxygen atoms in total. The first-order chi connectivity index (χ1) is 12.9. The molecule has 3 rings (SSSR count). The summed E-state index contributed by atoms with van der Waals surface area (Å²) in [7, 11) is 6.34. The number of hydrogen-bond donors (Lipinski definition) is 1. The molecule has 1 fully saturated rings. The molecule has 0 saturated heterocycles. The van der Waals surface area contributed by atoms with Gasteiger partial charge in [0.25, 0.3) is 0 Å². The van der Waals surface area contributed by atoms with Crippen LogP contribution in [-0.2, 0) is 12.0 Å². The molecule has 1 aliphatic carbocycles. The lowest BCUT2D eigenvalue weighted by molar-refractivity contribution is 0.0870. The molecule has 1 saturated carbocycles. The van der Waals surface area contributed by atoms with Crippen LogP contribution in [0, 0.1) is 0 Å². The number of rotatable bonds is 4. The molecule has 0 radical (unpaired) electrons. The molecule has 0 atom stereocenters. The summed E-state index contributed by atoms with van der Waals surface area (Å²) >= 11 is 12.4. The molecule has 0 heterocycles. The van der Waals surface area contributed by atoms with E-state index in [0.717, 1.165) is 29.3 Å². The Hall–Kier alpha value is -1.06. The summed E-state index contributed by atoms with van der Waals surface area (Å²) in [6, 6.07) is 17.0. The largest absolute Gasteiger partial charge is 0.317 e. The number of nitrogens with zero attached hydrogens (tertiary/aromatic N) is 1. The van der Waals surface area contributed by atoms with Crippen LogP contribution < -0.4 is 5.32 Å². The molecule has 0 amide bonds. The monoisotopic (exact) mass is 406 g/mol. The first-order valence-electron chi connectivity index (χ1n) is 9.76. The van der Waals surface area contributed by atoms with Crippen LogP contribution in [0.4, 0.5) is 0 Å². The van der Waals surface area contributed by atoms with Crippen LogP contribution in [0.15, 0.2) is 48.5 Å². The zero-order valence-electron chi connectivity index (χ0n) is 16.9. The highest BCUT2D eigenvalue weighted by molar-refractivity contribution is 6.34. The van der Waals surface area contributed by atoms with Crippen molar-refractivity contribution < 1.29 is 0 Å². The van der Waals surface area contributed by atoms with Crippen molar-refractivity contribution in [1.82, 2.24) is 10.2 Å². The van der Waals surface area contributed by atoms with Crippen LogP contribution in [0.1, 0.15) is 43.7 Å². The van der Waals surface area contributed by atoms with Gasteiger partial charge in [-0.3, -0.25) is 4.90 Å². The van der Waals surface area contributed by atoms with Crippen LogP contribution in [-0.4, -0.2) is 32.1 Å². The van der Waals surface area contributed by atoms with Crippen LogP contribution in [0.25, 0.3) is 0 Å². The van der Waals surface area contributed by atoms with Crippen molar-refractivity contribution in [3.8, 4) is 0 Å². The van der Waals surface area contributed by atoms with Gasteiger partial charge < -0.3 is 5.32 Å². The number of benzene rings is 2. The van der Waals surface area contributed by atoms with E-state index in [-0.39, 0.29) is 5.54 Å². The van der Waals surface area contributed by atoms with Crippen molar-refractivity contribution in [3.05, 3.63) is 69.7 Å². The molecule has 0 spiro atoms. The lowest BCUT2D eigenvalue weighted by atomic mass is 9.74. The normalized spacial score (nSPS) is 22.3. The number of nitrogens with one attached hydrogen (secondary N) is 1. The maximum Gasteiger partial charge on any atom is 0.0457 e. The third kappa shape index (κ3) is 5.96. The Bertz CT molecular complexity index is 673. The molecule has 2 aromatic rings. The van der Waals surface area contributed by atoms with Gasteiger partial charge in [0.2, 0.25) is 0 Å². The Labute approximate surface area is 174 Å². The van der Waals surface area contributed by atoms with Crippen molar-refractivity contribution in [2.45, 2.75) is 50.6 Å². The van der Waals surface area contributed by atoms with Crippen molar-refractivity contribution >= 4 is 23.2 Å². The molecular weight excluding hydrogens is 375 g/mol. The topological polar surface area (TPSA) is 15.3 Å². The average molecular weight is 407 g/mol. The van der Waals surface area contributed by atoms with E-state index in [2.05, 4.69) is 67.6 Å². The molecular formula is C23H32Cl2N2. The summed E-state index contributed by atoms with van der Waals surface area (Å²) in [4.78, 5) is 2.32. The lowest BCUT2D eigenvalue weighted by Gasteiger charge is -2.45. The fraction of sp³-hybridized carbons (Fsp3) is 0.478. The Balaban J connectivity index is 0.000000273. The maximum atomic E-state index is 6.18. The highest BCUT2D eigenvalue weighted by Gasteiger charge is 2.38. The first-order valence-corrected chi connectivity index (χ1v) is 10.5. The predicted molar refractivity (Wildman–Crippen MR) is 119 cm³/mol. The summed E-state index contributed by atoms with van der Waals surface area (Å²) in [5.74, 6) is 0. The number of hydrogen-bond acceptors (Lipinski definition) is 2. The van der Waals surface area contributed by atoms with Crippen molar-refractivity contribution in [1.29, 1.82) is 0 Å². The minimum Gasteiger partial charge on any atom is -0.317 e. The fourth-order valence-electron chi connectivity index (χ4n) is 3.91. The molecule has 4 heteroatoms. The second kappa shape index (κ2) is 10.5. The number of halogens is 2. The van der Waals surface area contributed by atoms with Crippen LogP contribution >= 0.6 is 23.2 Å². The van der Waals surface area contributed by atoms with Gasteiger partial charge in [-0.05, 0) is 82.6 Å². The smallest absolute Gasteiger partial charge is 0.0457 e. The standard InChI is InChI=1S/C15H22Cl2N2.C8H10/c1-18-14-4-6-15(7-5-14,19(2)3)11-8-12(16)10-13(17)9-11;1-2-8-6-4-3-5-7-8/h8-10,14,18H,4-7H2,1-3H3;3-7H,2H2,1H3. The summed E-state index contributed by atoms with van der Waals surface area (Å²) in [5.41, 5.74) is 2.71. The van der Waals surface area contributed by atoms with Crippen LogP contribution in [0.5, 0.6) is 0 Å². The van der Waals surface area contributed by atoms with Crippen molar-refractivity contribution in [2.24, 2.45) is 0 Å². The van der Waals surface area contributed by atoms with Gasteiger partial charge in [0.1, 0.15) is 0 Å². The SMILES string of the molecule is CCc1ccccc1.CNC1CCC(c2cc(Cl)cc(Cl)c2)(N(C)C)CC1. The molecule has 148 valence electrons. The Kier molecular flexibility index (Phi) is 8.62. The van der Waals surface area contributed by atoms with Gasteiger partial charge in [-0.1, -0.05) is 60.5 Å². The second-order valence-electron chi connectivity index (χ2n) is 7.49. The maximum absolute atomic E-state index is 6.18. The Morgan fingerprint density at radius 1 is 1.00 bits per heavy atom. The average Bonchev–Trinajstić information content (AvgIpc) is 2.68. The zero-order chi connectivity index (χ0) is 19.9. The summed E-state index contributed by atoms with van der Waals surface area (Å²) in [6.07, 6.45) is 5.75. The fourth-order valence-corrected chi connectivity index (χ4v) is 4.44. The minimum atomic E-state index is 0.0574. The van der Waals surface area contributed by atoms with Gasteiger partial charge in [0.05, 0.1) is 0 Å². The second-order valence-corrected chi connectivity index (χ2v) is 8.36. The first kappa shape index (κ1) is 22.2. The minimum absolute atomic E-state index is 0.0574. The highest BCUT2D eigenvalue weighted by Crippen LogP contribution is 2.42. The van der Waals surface area contributed by atoms with Crippen molar-refractivity contribution in [2.75, 3.05) is 21.1 Å².